The van der Waals surface area contributed by atoms with Gasteiger partial charge in [0.15, 0.2) is 5.82 Å². The molecular formula is C13H25N5O2. The van der Waals surface area contributed by atoms with Crippen molar-refractivity contribution in [3.05, 3.63) is 11.9 Å². The maximum atomic E-state index is 10.2. The summed E-state index contributed by atoms with van der Waals surface area (Å²) in [4.78, 5) is 8.57. The zero-order chi connectivity index (χ0) is 15.4. The zero-order valence-corrected chi connectivity index (χ0v) is 12.8. The lowest BCUT2D eigenvalue weighted by Gasteiger charge is -2.38. The number of nitrogens with two attached hydrogens (primary N) is 1. The van der Waals surface area contributed by atoms with Crippen molar-refractivity contribution < 1.29 is 9.84 Å². The lowest BCUT2D eigenvalue weighted by atomic mass is 9.86. The number of nitrogens with zero attached hydrogens (tertiary/aromatic N) is 2. The van der Waals surface area contributed by atoms with Crippen molar-refractivity contribution in [2.24, 2.45) is 5.84 Å². The highest BCUT2D eigenvalue weighted by molar-refractivity contribution is 5.48. The summed E-state index contributed by atoms with van der Waals surface area (Å²) in [7, 11) is 0. The third-order valence-corrected chi connectivity index (χ3v) is 3.33. The fourth-order valence-corrected chi connectivity index (χ4v) is 1.37. The highest BCUT2D eigenvalue weighted by Gasteiger charge is 2.35. The molecule has 0 fully saturated rings. The van der Waals surface area contributed by atoms with Crippen molar-refractivity contribution in [3.63, 3.8) is 0 Å². The molecule has 0 spiro atoms. The number of anilines is 2. The number of ether oxygens (including phenoxy) is 1. The van der Waals surface area contributed by atoms with Crippen LogP contribution >= 0.6 is 0 Å². The highest BCUT2D eigenvalue weighted by atomic mass is 16.5. The molecule has 0 amide bonds. The minimum Gasteiger partial charge on any atom is -0.388 e. The molecule has 7 nitrogen and oxygen atoms in total. The van der Waals surface area contributed by atoms with Crippen molar-refractivity contribution in [1.82, 2.24) is 9.97 Å². The fraction of sp³-hybridized carbons (Fsp3) is 0.692. The number of hydrazine groups is 1. The predicted octanol–water partition coefficient (Wildman–Crippen LogP) is 1.26. The van der Waals surface area contributed by atoms with Crippen LogP contribution in [-0.2, 0) is 11.3 Å². The van der Waals surface area contributed by atoms with Crippen LogP contribution in [0.1, 0.15) is 40.4 Å². The molecule has 0 aromatic carbocycles. The van der Waals surface area contributed by atoms with E-state index in [-0.39, 0.29) is 0 Å². The summed E-state index contributed by atoms with van der Waals surface area (Å²) in [5, 5.41) is 13.4. The number of aromatic nitrogens is 2. The normalized spacial score (nSPS) is 12.3. The lowest BCUT2D eigenvalue weighted by Crippen LogP contribution is -2.51. The van der Waals surface area contributed by atoms with Gasteiger partial charge in [-0.15, -0.1) is 0 Å². The highest BCUT2D eigenvalue weighted by Crippen LogP contribution is 2.25. The molecule has 0 saturated carbocycles. The molecule has 0 radical (unpaired) electrons. The Hall–Kier alpha value is -1.44. The number of aliphatic hydroxyl groups is 1. The van der Waals surface area contributed by atoms with E-state index in [2.05, 4.69) is 20.7 Å². The van der Waals surface area contributed by atoms with E-state index in [0.717, 1.165) is 0 Å². The smallest absolute Gasteiger partial charge is 0.158 e. The van der Waals surface area contributed by atoms with Crippen LogP contribution in [0.25, 0.3) is 0 Å². The Balaban J connectivity index is 2.99. The van der Waals surface area contributed by atoms with Gasteiger partial charge in [0.05, 0.1) is 11.1 Å². The van der Waals surface area contributed by atoms with E-state index in [4.69, 9.17) is 10.6 Å². The Morgan fingerprint density at radius 3 is 2.35 bits per heavy atom. The van der Waals surface area contributed by atoms with Gasteiger partial charge in [-0.25, -0.2) is 15.8 Å². The molecule has 114 valence electrons. The van der Waals surface area contributed by atoms with E-state index in [9.17, 15) is 5.11 Å². The SMILES string of the molecule is CCOCc1nc(NN)cc(NC(C)(C)C(C)(C)O)n1. The average Bonchev–Trinajstić information content (AvgIpc) is 2.34. The molecule has 7 heteroatoms. The minimum atomic E-state index is -0.922. The molecule has 1 rings (SSSR count). The van der Waals surface area contributed by atoms with Gasteiger partial charge in [-0.3, -0.25) is 0 Å². The van der Waals surface area contributed by atoms with E-state index < -0.39 is 11.1 Å². The molecule has 0 aliphatic rings. The maximum absolute atomic E-state index is 10.2. The van der Waals surface area contributed by atoms with Gasteiger partial charge in [0.25, 0.3) is 0 Å². The third kappa shape index (κ3) is 4.29. The van der Waals surface area contributed by atoms with Gasteiger partial charge in [0.2, 0.25) is 0 Å². The molecule has 0 bridgehead atoms. The fourth-order valence-electron chi connectivity index (χ4n) is 1.37. The predicted molar refractivity (Wildman–Crippen MR) is 79.2 cm³/mol. The van der Waals surface area contributed by atoms with Crippen LogP contribution in [0, 0.1) is 0 Å². The topological polar surface area (TPSA) is 105 Å². The van der Waals surface area contributed by atoms with Crippen LogP contribution in [0.15, 0.2) is 6.07 Å². The largest absolute Gasteiger partial charge is 0.388 e. The monoisotopic (exact) mass is 283 g/mol. The Bertz CT molecular complexity index is 443. The summed E-state index contributed by atoms with van der Waals surface area (Å²) in [6, 6.07) is 1.68. The summed E-state index contributed by atoms with van der Waals surface area (Å²) >= 11 is 0. The summed E-state index contributed by atoms with van der Waals surface area (Å²) in [6.07, 6.45) is 0. The van der Waals surface area contributed by atoms with Gasteiger partial charge in [-0.2, -0.15) is 0 Å². The third-order valence-electron chi connectivity index (χ3n) is 3.33. The van der Waals surface area contributed by atoms with Crippen molar-refractivity contribution >= 4 is 11.6 Å². The van der Waals surface area contributed by atoms with Crippen LogP contribution in [0.2, 0.25) is 0 Å². The quantitative estimate of drug-likeness (QED) is 0.441. The molecule has 20 heavy (non-hydrogen) atoms. The molecule has 0 aliphatic carbocycles. The van der Waals surface area contributed by atoms with Gasteiger partial charge in [-0.1, -0.05) is 0 Å². The summed E-state index contributed by atoms with van der Waals surface area (Å²) in [5.74, 6) is 7.00. The van der Waals surface area contributed by atoms with Crippen molar-refractivity contribution in [2.75, 3.05) is 17.3 Å². The number of hydrogen-bond acceptors (Lipinski definition) is 7. The first-order valence-corrected chi connectivity index (χ1v) is 6.62. The van der Waals surface area contributed by atoms with Crippen LogP contribution in [0.4, 0.5) is 11.6 Å². The lowest BCUT2D eigenvalue weighted by molar-refractivity contribution is 0.0238. The standard InChI is InChI=1S/C13H25N5O2/c1-6-20-8-11-15-9(7-10(16-11)18-14)17-12(2,3)13(4,5)19/h7,19H,6,8,14H2,1-5H3,(H2,15,16,17,18). The Kier molecular flexibility index (Phi) is 5.27. The molecule has 0 unspecified atom stereocenters. The molecule has 0 saturated heterocycles. The van der Waals surface area contributed by atoms with Gasteiger partial charge in [-0.05, 0) is 34.6 Å². The Morgan fingerprint density at radius 1 is 1.25 bits per heavy atom. The zero-order valence-electron chi connectivity index (χ0n) is 12.8. The van der Waals surface area contributed by atoms with Gasteiger partial charge in [0.1, 0.15) is 18.2 Å². The second kappa shape index (κ2) is 6.34. The first-order valence-electron chi connectivity index (χ1n) is 6.62. The van der Waals surface area contributed by atoms with Gasteiger partial charge in [0, 0.05) is 12.7 Å². The van der Waals surface area contributed by atoms with Gasteiger partial charge >= 0.3 is 0 Å². The van der Waals surface area contributed by atoms with E-state index >= 15 is 0 Å². The number of rotatable bonds is 7. The van der Waals surface area contributed by atoms with Crippen LogP contribution < -0.4 is 16.6 Å². The molecule has 1 aromatic heterocycles. The van der Waals surface area contributed by atoms with Crippen LogP contribution in [0.5, 0.6) is 0 Å². The molecular weight excluding hydrogens is 258 g/mol. The summed E-state index contributed by atoms with van der Waals surface area (Å²) in [5.41, 5.74) is 1.00. The van der Waals surface area contributed by atoms with Crippen molar-refractivity contribution in [2.45, 2.75) is 52.4 Å². The molecule has 0 aliphatic heterocycles. The maximum Gasteiger partial charge on any atom is 0.158 e. The second-order valence-corrected chi connectivity index (χ2v) is 5.65. The molecule has 1 aromatic rings. The molecule has 0 atom stereocenters. The van der Waals surface area contributed by atoms with Crippen LogP contribution in [-0.4, -0.2) is 32.8 Å². The average molecular weight is 283 g/mol. The van der Waals surface area contributed by atoms with E-state index in [1.165, 1.54) is 0 Å². The summed E-state index contributed by atoms with van der Waals surface area (Å²) in [6.45, 7) is 10.1. The summed E-state index contributed by atoms with van der Waals surface area (Å²) < 4.78 is 5.30. The Morgan fingerprint density at radius 2 is 1.85 bits per heavy atom. The Labute approximate surface area is 119 Å². The molecule has 1 heterocycles. The first-order chi connectivity index (χ1) is 9.19. The van der Waals surface area contributed by atoms with E-state index in [1.54, 1.807) is 19.9 Å². The van der Waals surface area contributed by atoms with Crippen LogP contribution in [0.3, 0.4) is 0 Å². The number of nitrogens with one attached hydrogen (secondary N) is 2. The first kappa shape index (κ1) is 16.6. The minimum absolute atomic E-state index is 0.309. The van der Waals surface area contributed by atoms with E-state index in [1.807, 2.05) is 20.8 Å². The second-order valence-electron chi connectivity index (χ2n) is 5.65. The van der Waals surface area contributed by atoms with Crippen molar-refractivity contribution in [1.29, 1.82) is 0 Å². The van der Waals surface area contributed by atoms with Crippen molar-refractivity contribution in [3.8, 4) is 0 Å². The number of nitrogen functional groups attached to an aromatic ring is 1. The molecule has 5 N–H and O–H groups in total. The van der Waals surface area contributed by atoms with E-state index in [0.29, 0.717) is 30.7 Å². The number of hydrogen-bond donors (Lipinski definition) is 4. The van der Waals surface area contributed by atoms with Gasteiger partial charge < -0.3 is 20.6 Å².